The molecule has 2 atom stereocenters. The lowest BCUT2D eigenvalue weighted by atomic mass is 9.72. The first kappa shape index (κ1) is 23.0. The standard InChI is InChI=1S/C22H42N2O2/c1-5-7-9-11-13-17-23(3)21(25)19-15-16-20(19)22(26)24(4)18-14-12-10-8-6-2/h19-20H,5-18H2,1-4H3. The average Bonchev–Trinajstić information content (AvgIpc) is 2.59. The van der Waals surface area contributed by atoms with Gasteiger partial charge in [-0.15, -0.1) is 0 Å². The number of unbranched alkanes of at least 4 members (excludes halogenated alkanes) is 8. The molecule has 0 spiro atoms. The maximum absolute atomic E-state index is 12.7. The van der Waals surface area contributed by atoms with Crippen LogP contribution in [0.2, 0.25) is 0 Å². The fourth-order valence-electron chi connectivity index (χ4n) is 3.78. The van der Waals surface area contributed by atoms with Gasteiger partial charge >= 0.3 is 0 Å². The number of rotatable bonds is 14. The summed E-state index contributed by atoms with van der Waals surface area (Å²) < 4.78 is 0. The van der Waals surface area contributed by atoms with Gasteiger partial charge in [0.15, 0.2) is 0 Å². The summed E-state index contributed by atoms with van der Waals surface area (Å²) in [7, 11) is 3.80. The van der Waals surface area contributed by atoms with Crippen molar-refractivity contribution in [3.05, 3.63) is 0 Å². The minimum absolute atomic E-state index is 0.0781. The van der Waals surface area contributed by atoms with E-state index in [4.69, 9.17) is 0 Å². The second-order valence-corrected chi connectivity index (χ2v) is 8.14. The van der Waals surface area contributed by atoms with Crippen LogP contribution in [0.15, 0.2) is 0 Å². The third-order valence-corrected chi connectivity index (χ3v) is 5.86. The zero-order valence-corrected chi connectivity index (χ0v) is 17.8. The normalized spacial score (nSPS) is 19.1. The Morgan fingerprint density at radius 1 is 0.654 bits per heavy atom. The highest BCUT2D eigenvalue weighted by Crippen LogP contribution is 2.37. The molecule has 152 valence electrons. The fourth-order valence-corrected chi connectivity index (χ4v) is 3.78. The van der Waals surface area contributed by atoms with E-state index >= 15 is 0 Å². The molecule has 0 N–H and O–H groups in total. The largest absolute Gasteiger partial charge is 0.346 e. The van der Waals surface area contributed by atoms with E-state index < -0.39 is 0 Å². The van der Waals surface area contributed by atoms with Gasteiger partial charge in [-0.2, -0.15) is 0 Å². The van der Waals surface area contributed by atoms with Crippen molar-refractivity contribution in [2.45, 2.75) is 90.9 Å². The van der Waals surface area contributed by atoms with Crippen molar-refractivity contribution in [1.29, 1.82) is 0 Å². The number of nitrogens with zero attached hydrogens (tertiary/aromatic N) is 2. The van der Waals surface area contributed by atoms with E-state index in [2.05, 4.69) is 13.8 Å². The van der Waals surface area contributed by atoms with Crippen LogP contribution in [0.25, 0.3) is 0 Å². The van der Waals surface area contributed by atoms with Crippen LogP contribution in [-0.2, 0) is 9.59 Å². The molecule has 4 nitrogen and oxygen atoms in total. The molecule has 1 saturated carbocycles. The van der Waals surface area contributed by atoms with Crippen LogP contribution in [0.1, 0.15) is 90.9 Å². The third-order valence-electron chi connectivity index (χ3n) is 5.86. The molecule has 0 aromatic heterocycles. The van der Waals surface area contributed by atoms with Gasteiger partial charge in [0, 0.05) is 39.0 Å². The summed E-state index contributed by atoms with van der Waals surface area (Å²) >= 11 is 0. The van der Waals surface area contributed by atoms with Gasteiger partial charge in [-0.05, 0) is 25.7 Å². The summed E-state index contributed by atoms with van der Waals surface area (Å²) in [6.07, 6.45) is 13.8. The molecule has 0 aromatic rings. The molecule has 0 saturated heterocycles. The lowest BCUT2D eigenvalue weighted by molar-refractivity contribution is -0.151. The highest BCUT2D eigenvalue weighted by Gasteiger charge is 2.43. The van der Waals surface area contributed by atoms with Crippen LogP contribution in [0.5, 0.6) is 0 Å². The van der Waals surface area contributed by atoms with Gasteiger partial charge in [-0.3, -0.25) is 9.59 Å². The van der Waals surface area contributed by atoms with Gasteiger partial charge < -0.3 is 9.80 Å². The third kappa shape index (κ3) is 7.67. The number of hydrogen-bond acceptors (Lipinski definition) is 2. The molecular formula is C22H42N2O2. The first-order valence-electron chi connectivity index (χ1n) is 11.0. The zero-order valence-electron chi connectivity index (χ0n) is 17.8. The smallest absolute Gasteiger partial charge is 0.226 e. The summed E-state index contributed by atoms with van der Waals surface area (Å²) in [6, 6.07) is 0. The maximum Gasteiger partial charge on any atom is 0.226 e. The van der Waals surface area contributed by atoms with Gasteiger partial charge in [-0.25, -0.2) is 0 Å². The van der Waals surface area contributed by atoms with E-state index in [0.717, 1.165) is 38.8 Å². The van der Waals surface area contributed by atoms with Crippen molar-refractivity contribution in [2.24, 2.45) is 11.8 Å². The molecular weight excluding hydrogens is 324 g/mol. The Labute approximate surface area is 161 Å². The SMILES string of the molecule is CCCCCCCN(C)C(=O)C1CCC1C(=O)N(C)CCCCCCC. The Morgan fingerprint density at radius 2 is 1.00 bits per heavy atom. The predicted molar refractivity (Wildman–Crippen MR) is 109 cm³/mol. The summed E-state index contributed by atoms with van der Waals surface area (Å²) in [5, 5.41) is 0. The first-order valence-corrected chi connectivity index (χ1v) is 11.0. The fraction of sp³-hybridized carbons (Fsp3) is 0.909. The molecule has 1 aliphatic rings. The summed E-state index contributed by atoms with van der Waals surface area (Å²) in [6.45, 7) is 6.08. The van der Waals surface area contributed by atoms with Crippen molar-refractivity contribution in [3.8, 4) is 0 Å². The first-order chi connectivity index (χ1) is 12.5. The van der Waals surface area contributed by atoms with Crippen LogP contribution >= 0.6 is 0 Å². The van der Waals surface area contributed by atoms with Crippen molar-refractivity contribution in [1.82, 2.24) is 9.80 Å². The minimum Gasteiger partial charge on any atom is -0.346 e. The molecule has 4 heteroatoms. The summed E-state index contributed by atoms with van der Waals surface area (Å²) in [5.41, 5.74) is 0. The topological polar surface area (TPSA) is 40.6 Å². The molecule has 1 aliphatic carbocycles. The molecule has 2 unspecified atom stereocenters. The average molecular weight is 367 g/mol. The molecule has 0 radical (unpaired) electrons. The van der Waals surface area contributed by atoms with Crippen LogP contribution in [-0.4, -0.2) is 48.8 Å². The summed E-state index contributed by atoms with van der Waals surface area (Å²) in [4.78, 5) is 29.1. The van der Waals surface area contributed by atoms with Crippen LogP contribution in [0.4, 0.5) is 0 Å². The van der Waals surface area contributed by atoms with Crippen LogP contribution in [0, 0.1) is 11.8 Å². The van der Waals surface area contributed by atoms with Gasteiger partial charge in [0.2, 0.25) is 11.8 Å². The second-order valence-electron chi connectivity index (χ2n) is 8.14. The Bertz CT molecular complexity index is 373. The van der Waals surface area contributed by atoms with Crippen LogP contribution in [0.3, 0.4) is 0 Å². The van der Waals surface area contributed by atoms with E-state index in [1.54, 1.807) is 0 Å². The highest BCUT2D eigenvalue weighted by molar-refractivity contribution is 5.89. The van der Waals surface area contributed by atoms with Crippen molar-refractivity contribution < 1.29 is 9.59 Å². The molecule has 1 fully saturated rings. The van der Waals surface area contributed by atoms with Crippen molar-refractivity contribution in [3.63, 3.8) is 0 Å². The molecule has 1 rings (SSSR count). The van der Waals surface area contributed by atoms with E-state index in [0.29, 0.717) is 0 Å². The van der Waals surface area contributed by atoms with Gasteiger partial charge in [0.25, 0.3) is 0 Å². The van der Waals surface area contributed by atoms with E-state index in [9.17, 15) is 9.59 Å². The Hall–Kier alpha value is -1.06. The van der Waals surface area contributed by atoms with Crippen molar-refractivity contribution >= 4 is 11.8 Å². The Kier molecular flexibility index (Phi) is 11.6. The number of carbonyl (C=O) groups excluding carboxylic acids is 2. The number of amides is 2. The maximum atomic E-state index is 12.7. The highest BCUT2D eigenvalue weighted by atomic mass is 16.2. The molecule has 0 heterocycles. The van der Waals surface area contributed by atoms with Crippen molar-refractivity contribution in [2.75, 3.05) is 27.2 Å². The quantitative estimate of drug-likeness (QED) is 0.412. The lowest BCUT2D eigenvalue weighted by Crippen LogP contribution is -2.48. The number of carbonyl (C=O) groups is 2. The minimum atomic E-state index is -0.0781. The van der Waals surface area contributed by atoms with Gasteiger partial charge in [0.05, 0.1) is 0 Å². The van der Waals surface area contributed by atoms with Crippen LogP contribution < -0.4 is 0 Å². The van der Waals surface area contributed by atoms with Gasteiger partial charge in [-0.1, -0.05) is 65.2 Å². The summed E-state index contributed by atoms with van der Waals surface area (Å²) in [5.74, 6) is 0.208. The Morgan fingerprint density at radius 3 is 1.31 bits per heavy atom. The van der Waals surface area contributed by atoms with Gasteiger partial charge in [0.1, 0.15) is 0 Å². The lowest BCUT2D eigenvalue weighted by Gasteiger charge is -2.38. The molecule has 0 bridgehead atoms. The van der Waals surface area contributed by atoms with E-state index in [1.165, 1.54) is 51.4 Å². The second kappa shape index (κ2) is 13.2. The molecule has 2 amide bonds. The van der Waals surface area contributed by atoms with E-state index in [1.807, 2.05) is 23.9 Å². The number of hydrogen-bond donors (Lipinski definition) is 0. The molecule has 0 aliphatic heterocycles. The predicted octanol–water partition coefficient (Wildman–Crippen LogP) is 4.87. The van der Waals surface area contributed by atoms with E-state index in [-0.39, 0.29) is 23.7 Å². The monoisotopic (exact) mass is 366 g/mol. The zero-order chi connectivity index (χ0) is 19.4. The Balaban J connectivity index is 2.30. The molecule has 0 aromatic carbocycles. The molecule has 26 heavy (non-hydrogen) atoms.